The van der Waals surface area contributed by atoms with E-state index in [0.29, 0.717) is 37.4 Å². The third-order valence-corrected chi connectivity index (χ3v) is 7.28. The summed E-state index contributed by atoms with van der Waals surface area (Å²) in [6.07, 6.45) is 9.88. The molecule has 8 heteroatoms. The molecule has 1 saturated heterocycles. The Morgan fingerprint density at radius 1 is 0.564 bits per heavy atom. The second kappa shape index (κ2) is 21.3. The van der Waals surface area contributed by atoms with E-state index in [4.69, 9.17) is 0 Å². The molecule has 5 N–H and O–H groups in total. The van der Waals surface area contributed by atoms with Crippen molar-refractivity contribution >= 4 is 17.6 Å². The van der Waals surface area contributed by atoms with E-state index < -0.39 is 0 Å². The zero-order valence-electron chi connectivity index (χ0n) is 26.0. The van der Waals surface area contributed by atoms with Crippen molar-refractivity contribution in [2.24, 2.45) is 5.92 Å². The summed E-state index contributed by atoms with van der Waals surface area (Å²) < 4.78 is 0. The first-order chi connectivity index (χ1) is 18.5. The molecule has 0 bridgehead atoms. The van der Waals surface area contributed by atoms with Crippen LogP contribution in [0.3, 0.4) is 0 Å². The van der Waals surface area contributed by atoms with E-state index in [-0.39, 0.29) is 42.0 Å². The predicted molar refractivity (Wildman–Crippen MR) is 162 cm³/mol. The molecule has 0 radical (unpaired) electrons. The molecule has 0 aromatic rings. The van der Waals surface area contributed by atoms with Gasteiger partial charge in [-0.15, -0.1) is 0 Å². The Kier molecular flexibility index (Phi) is 19.4. The fraction of sp³-hybridized carbons (Fsp3) is 0.903. The predicted octanol–water partition coefficient (Wildman–Crippen LogP) is 4.22. The van der Waals surface area contributed by atoms with E-state index in [0.717, 1.165) is 77.4 Å². The summed E-state index contributed by atoms with van der Waals surface area (Å²) in [5.74, 6) is 0.126. The fourth-order valence-electron chi connectivity index (χ4n) is 5.23. The first-order valence-corrected chi connectivity index (χ1v) is 15.9. The number of hydrogen-bond donors (Lipinski definition) is 5. The zero-order valence-corrected chi connectivity index (χ0v) is 26.0. The molecule has 228 valence electrons. The monoisotopic (exact) mass is 551 g/mol. The van der Waals surface area contributed by atoms with Crippen LogP contribution in [0.25, 0.3) is 0 Å². The largest absolute Gasteiger partial charge is 0.353 e. The van der Waals surface area contributed by atoms with Gasteiger partial charge in [-0.2, -0.15) is 0 Å². The number of rotatable bonds is 18. The highest BCUT2D eigenvalue weighted by atomic mass is 16.2. The Morgan fingerprint density at radius 2 is 0.974 bits per heavy atom. The highest BCUT2D eigenvalue weighted by molar-refractivity contribution is 5.84. The summed E-state index contributed by atoms with van der Waals surface area (Å²) in [5, 5.41) is 16.6. The summed E-state index contributed by atoms with van der Waals surface area (Å²) in [5.41, 5.74) is 0. The molecule has 0 aromatic carbocycles. The minimum Gasteiger partial charge on any atom is -0.353 e. The van der Waals surface area contributed by atoms with Crippen LogP contribution in [0, 0.1) is 5.92 Å². The Balaban J connectivity index is 2.81. The number of hydrogen-bond acceptors (Lipinski definition) is 6. The average molecular weight is 552 g/mol. The second-order valence-electron chi connectivity index (χ2n) is 12.6. The van der Waals surface area contributed by atoms with Gasteiger partial charge in [0.2, 0.25) is 11.8 Å². The fourth-order valence-corrected chi connectivity index (χ4v) is 5.23. The minimum atomic E-state index is -0.168. The first-order valence-electron chi connectivity index (χ1n) is 15.9. The number of Topliss-reactive ketones (excluding diaryl/α,β-unsaturated/α-hetero) is 1. The minimum absolute atomic E-state index is 0.0269. The van der Waals surface area contributed by atoms with Gasteiger partial charge < -0.3 is 26.6 Å². The molecule has 0 aromatic heterocycles. The standard InChI is InChI=1S/C31H61N5O3/c1-23(2)32-16-10-7-13-26-19-29(37)21-27(14-8-11-17-33-24(3)4)35-31(39)22-28(36-30(38)20-26)15-9-12-18-34-25(5)6/h23-28,32-34H,7-22H2,1-6H3,(H,35,39)(H,36,38). The van der Waals surface area contributed by atoms with Gasteiger partial charge in [-0.25, -0.2) is 0 Å². The van der Waals surface area contributed by atoms with Gasteiger partial charge in [0.1, 0.15) is 5.78 Å². The lowest BCUT2D eigenvalue weighted by Crippen LogP contribution is -2.44. The van der Waals surface area contributed by atoms with Crippen LogP contribution in [-0.2, 0) is 14.4 Å². The van der Waals surface area contributed by atoms with Gasteiger partial charge in [-0.3, -0.25) is 14.4 Å². The molecule has 2 amide bonds. The van der Waals surface area contributed by atoms with E-state index in [1.54, 1.807) is 0 Å². The molecular formula is C31H61N5O3. The quantitative estimate of drug-likeness (QED) is 0.163. The topological polar surface area (TPSA) is 111 Å². The second-order valence-corrected chi connectivity index (χ2v) is 12.6. The van der Waals surface area contributed by atoms with Crippen molar-refractivity contribution in [3.05, 3.63) is 0 Å². The summed E-state index contributed by atoms with van der Waals surface area (Å²) in [4.78, 5) is 39.1. The van der Waals surface area contributed by atoms with Crippen molar-refractivity contribution in [1.29, 1.82) is 0 Å². The average Bonchev–Trinajstić information content (AvgIpc) is 2.81. The molecule has 0 aliphatic carbocycles. The number of carbonyl (C=O) groups excluding carboxylic acids is 3. The molecule has 0 spiro atoms. The first kappa shape index (κ1) is 35.5. The molecule has 39 heavy (non-hydrogen) atoms. The Bertz CT molecular complexity index is 569. The van der Waals surface area contributed by atoms with Crippen molar-refractivity contribution in [3.8, 4) is 0 Å². The lowest BCUT2D eigenvalue weighted by Gasteiger charge is -2.25. The normalized spacial score (nSPS) is 21.7. The number of nitrogens with one attached hydrogen (secondary N) is 5. The van der Waals surface area contributed by atoms with Crippen LogP contribution in [0.2, 0.25) is 0 Å². The molecular weight excluding hydrogens is 490 g/mol. The maximum atomic E-state index is 13.1. The van der Waals surface area contributed by atoms with Crippen LogP contribution >= 0.6 is 0 Å². The van der Waals surface area contributed by atoms with Gasteiger partial charge in [-0.05, 0) is 64.1 Å². The van der Waals surface area contributed by atoms with Crippen LogP contribution in [0.1, 0.15) is 125 Å². The molecule has 3 unspecified atom stereocenters. The van der Waals surface area contributed by atoms with Crippen molar-refractivity contribution in [1.82, 2.24) is 26.6 Å². The van der Waals surface area contributed by atoms with E-state index >= 15 is 0 Å². The lowest BCUT2D eigenvalue weighted by atomic mass is 9.89. The van der Waals surface area contributed by atoms with Crippen LogP contribution in [0.5, 0.6) is 0 Å². The molecule has 8 nitrogen and oxygen atoms in total. The number of ketones is 1. The number of amides is 2. The third-order valence-electron chi connectivity index (χ3n) is 7.28. The molecule has 1 rings (SSSR count). The van der Waals surface area contributed by atoms with Crippen LogP contribution in [0.4, 0.5) is 0 Å². The van der Waals surface area contributed by atoms with Gasteiger partial charge in [-0.1, -0.05) is 60.8 Å². The van der Waals surface area contributed by atoms with E-state index in [9.17, 15) is 14.4 Å². The Morgan fingerprint density at radius 3 is 1.44 bits per heavy atom. The van der Waals surface area contributed by atoms with E-state index in [1.807, 2.05) is 0 Å². The highest BCUT2D eigenvalue weighted by Crippen LogP contribution is 2.21. The van der Waals surface area contributed by atoms with Gasteiger partial charge in [0.15, 0.2) is 0 Å². The number of unbranched alkanes of at least 4 members (excludes halogenated alkanes) is 3. The third kappa shape index (κ3) is 20.1. The van der Waals surface area contributed by atoms with E-state index in [2.05, 4.69) is 68.1 Å². The number of carbonyl (C=O) groups is 3. The summed E-state index contributed by atoms with van der Waals surface area (Å²) in [7, 11) is 0. The highest BCUT2D eigenvalue weighted by Gasteiger charge is 2.25. The maximum Gasteiger partial charge on any atom is 0.222 e. The van der Waals surface area contributed by atoms with Gasteiger partial charge in [0.05, 0.1) is 0 Å². The SMILES string of the molecule is CC(C)NCCCCC1CC(=O)CC(CCCCNC(C)C)NC(=O)CC(CCCCNC(C)C)NC(=O)C1. The van der Waals surface area contributed by atoms with Crippen molar-refractivity contribution in [3.63, 3.8) is 0 Å². The van der Waals surface area contributed by atoms with Crippen molar-refractivity contribution in [2.75, 3.05) is 19.6 Å². The molecule has 0 saturated carbocycles. The van der Waals surface area contributed by atoms with Crippen LogP contribution in [0.15, 0.2) is 0 Å². The molecule has 3 atom stereocenters. The zero-order chi connectivity index (χ0) is 29.0. The van der Waals surface area contributed by atoms with Gasteiger partial charge in [0, 0.05) is 55.9 Å². The summed E-state index contributed by atoms with van der Waals surface area (Å²) >= 11 is 0. The molecule has 1 aliphatic heterocycles. The Hall–Kier alpha value is -1.51. The van der Waals surface area contributed by atoms with Crippen molar-refractivity contribution in [2.45, 2.75) is 155 Å². The van der Waals surface area contributed by atoms with Gasteiger partial charge in [0.25, 0.3) is 0 Å². The molecule has 1 heterocycles. The van der Waals surface area contributed by atoms with Crippen LogP contribution < -0.4 is 26.6 Å². The summed E-state index contributed by atoms with van der Waals surface area (Å²) in [6.45, 7) is 15.7. The molecule has 1 aliphatic rings. The lowest BCUT2D eigenvalue weighted by molar-refractivity contribution is -0.126. The van der Waals surface area contributed by atoms with E-state index in [1.165, 1.54) is 0 Å². The Labute approximate surface area is 239 Å². The maximum absolute atomic E-state index is 13.1. The van der Waals surface area contributed by atoms with Crippen molar-refractivity contribution < 1.29 is 14.4 Å². The molecule has 1 fully saturated rings. The van der Waals surface area contributed by atoms with Crippen LogP contribution in [-0.4, -0.2) is 67.4 Å². The smallest absolute Gasteiger partial charge is 0.222 e. The summed E-state index contributed by atoms with van der Waals surface area (Å²) in [6, 6.07) is 1.07. The van der Waals surface area contributed by atoms with Gasteiger partial charge >= 0.3 is 0 Å².